The molecule has 2 fully saturated rings. The molecule has 0 spiro atoms. The molecular formula is C13H23N3. The first-order valence-electron chi connectivity index (χ1n) is 6.60. The Balaban J connectivity index is 1.98. The number of nitrogens with zero attached hydrogens (tertiary/aromatic N) is 2. The summed E-state index contributed by atoms with van der Waals surface area (Å²) in [6, 6.07) is 3.94. The van der Waals surface area contributed by atoms with E-state index in [1.165, 1.54) is 32.2 Å². The lowest BCUT2D eigenvalue weighted by Gasteiger charge is -2.29. The van der Waals surface area contributed by atoms with E-state index in [0.29, 0.717) is 6.04 Å². The Morgan fingerprint density at radius 3 is 2.56 bits per heavy atom. The van der Waals surface area contributed by atoms with Crippen LogP contribution in [-0.2, 0) is 0 Å². The summed E-state index contributed by atoms with van der Waals surface area (Å²) in [4.78, 5) is 2.66. The van der Waals surface area contributed by atoms with Crippen LogP contribution in [0.25, 0.3) is 0 Å². The largest absolute Gasteiger partial charge is 0.302 e. The first-order chi connectivity index (χ1) is 7.74. The molecule has 0 aromatic carbocycles. The first-order valence-corrected chi connectivity index (χ1v) is 6.60. The maximum absolute atomic E-state index is 9.27. The van der Waals surface area contributed by atoms with Gasteiger partial charge in [-0.05, 0) is 52.1 Å². The summed E-state index contributed by atoms with van der Waals surface area (Å²) in [6.45, 7) is 3.46. The Bertz CT molecular complexity index is 279. The molecule has 0 amide bonds. The van der Waals surface area contributed by atoms with Crippen LogP contribution in [0.2, 0.25) is 0 Å². The van der Waals surface area contributed by atoms with Crippen molar-refractivity contribution in [2.45, 2.75) is 63.1 Å². The van der Waals surface area contributed by atoms with E-state index < -0.39 is 0 Å². The van der Waals surface area contributed by atoms with Gasteiger partial charge in [0.2, 0.25) is 0 Å². The van der Waals surface area contributed by atoms with E-state index in [1.54, 1.807) is 0 Å². The summed E-state index contributed by atoms with van der Waals surface area (Å²) in [5.41, 5.74) is -0.244. The highest BCUT2D eigenvalue weighted by Crippen LogP contribution is 2.38. The van der Waals surface area contributed by atoms with Crippen LogP contribution in [0.1, 0.15) is 45.4 Å². The minimum absolute atomic E-state index is 0.244. The Morgan fingerprint density at radius 2 is 2.12 bits per heavy atom. The van der Waals surface area contributed by atoms with E-state index in [0.717, 1.165) is 18.9 Å². The fourth-order valence-electron chi connectivity index (χ4n) is 3.01. The number of rotatable bonds is 5. The van der Waals surface area contributed by atoms with Gasteiger partial charge in [0, 0.05) is 12.1 Å². The lowest BCUT2D eigenvalue weighted by Crippen LogP contribution is -2.42. The lowest BCUT2D eigenvalue weighted by atomic mass is 10.00. The van der Waals surface area contributed by atoms with E-state index in [-0.39, 0.29) is 5.54 Å². The average molecular weight is 221 g/mol. The van der Waals surface area contributed by atoms with Crippen LogP contribution in [0.15, 0.2) is 0 Å². The molecule has 0 radical (unpaired) electrons. The third-order valence-electron chi connectivity index (χ3n) is 4.15. The zero-order valence-corrected chi connectivity index (χ0v) is 10.5. The summed E-state index contributed by atoms with van der Waals surface area (Å²) in [5.74, 6) is 0. The summed E-state index contributed by atoms with van der Waals surface area (Å²) < 4.78 is 0. The van der Waals surface area contributed by atoms with Gasteiger partial charge in [0.15, 0.2) is 0 Å². The summed E-state index contributed by atoms with van der Waals surface area (Å²) in [5, 5.41) is 12.5. The highest BCUT2D eigenvalue weighted by molar-refractivity contribution is 5.13. The molecule has 2 rings (SSSR count). The second-order valence-corrected chi connectivity index (χ2v) is 5.31. The van der Waals surface area contributed by atoms with Crippen molar-refractivity contribution in [1.82, 2.24) is 10.2 Å². The van der Waals surface area contributed by atoms with Gasteiger partial charge in [0.05, 0.1) is 6.07 Å². The van der Waals surface area contributed by atoms with Crippen LogP contribution in [0, 0.1) is 11.3 Å². The molecular weight excluding hydrogens is 198 g/mol. The van der Waals surface area contributed by atoms with Gasteiger partial charge in [-0.3, -0.25) is 4.90 Å². The predicted octanol–water partition coefficient (Wildman–Crippen LogP) is 1.90. The smallest absolute Gasteiger partial charge is 0.108 e. The molecule has 0 heterocycles. The van der Waals surface area contributed by atoms with Gasteiger partial charge in [-0.2, -0.15) is 5.26 Å². The van der Waals surface area contributed by atoms with Crippen molar-refractivity contribution in [2.75, 3.05) is 13.6 Å². The van der Waals surface area contributed by atoms with Crippen molar-refractivity contribution in [2.24, 2.45) is 0 Å². The summed E-state index contributed by atoms with van der Waals surface area (Å²) >= 11 is 0. The van der Waals surface area contributed by atoms with Crippen molar-refractivity contribution < 1.29 is 0 Å². The fourth-order valence-corrected chi connectivity index (χ4v) is 3.01. The second kappa shape index (κ2) is 4.73. The molecule has 2 saturated carbocycles. The molecule has 0 aromatic heterocycles. The molecule has 2 aliphatic carbocycles. The third kappa shape index (κ3) is 2.23. The molecule has 0 aliphatic heterocycles. The van der Waals surface area contributed by atoms with E-state index in [4.69, 9.17) is 0 Å². The predicted molar refractivity (Wildman–Crippen MR) is 65.1 cm³/mol. The van der Waals surface area contributed by atoms with Crippen molar-refractivity contribution in [3.8, 4) is 6.07 Å². The van der Waals surface area contributed by atoms with Crippen LogP contribution in [-0.4, -0.2) is 36.1 Å². The van der Waals surface area contributed by atoms with Gasteiger partial charge in [0.25, 0.3) is 0 Å². The van der Waals surface area contributed by atoms with Crippen molar-refractivity contribution in [3.63, 3.8) is 0 Å². The normalized spacial score (nSPS) is 34.2. The van der Waals surface area contributed by atoms with Crippen LogP contribution >= 0.6 is 0 Å². The van der Waals surface area contributed by atoms with E-state index >= 15 is 0 Å². The molecule has 2 aliphatic rings. The van der Waals surface area contributed by atoms with Gasteiger partial charge < -0.3 is 5.32 Å². The van der Waals surface area contributed by atoms with Crippen molar-refractivity contribution in [1.29, 1.82) is 5.26 Å². The van der Waals surface area contributed by atoms with Gasteiger partial charge in [0.1, 0.15) is 5.54 Å². The van der Waals surface area contributed by atoms with Gasteiger partial charge in [-0.15, -0.1) is 0 Å². The quantitative estimate of drug-likeness (QED) is 0.770. The second-order valence-electron chi connectivity index (χ2n) is 5.31. The molecule has 90 valence electrons. The molecule has 16 heavy (non-hydrogen) atoms. The van der Waals surface area contributed by atoms with E-state index in [9.17, 15) is 5.26 Å². The SMILES string of the molecule is CCCN(C1CC1)C1CCC(C#N)(NC)C1. The number of nitrogens with one attached hydrogen (secondary N) is 1. The highest BCUT2D eigenvalue weighted by atomic mass is 15.2. The van der Waals surface area contributed by atoms with Crippen LogP contribution in [0.3, 0.4) is 0 Å². The van der Waals surface area contributed by atoms with Crippen LogP contribution in [0.4, 0.5) is 0 Å². The van der Waals surface area contributed by atoms with E-state index in [1.807, 2.05) is 7.05 Å². The summed E-state index contributed by atoms with van der Waals surface area (Å²) in [6.07, 6.45) is 7.18. The fraction of sp³-hybridized carbons (Fsp3) is 0.923. The Morgan fingerprint density at radius 1 is 1.38 bits per heavy atom. The van der Waals surface area contributed by atoms with Crippen LogP contribution < -0.4 is 5.32 Å². The number of hydrogen-bond acceptors (Lipinski definition) is 3. The molecule has 3 nitrogen and oxygen atoms in total. The lowest BCUT2D eigenvalue weighted by molar-refractivity contribution is 0.183. The minimum atomic E-state index is -0.244. The molecule has 0 bridgehead atoms. The maximum atomic E-state index is 9.27. The zero-order chi connectivity index (χ0) is 11.6. The zero-order valence-electron chi connectivity index (χ0n) is 10.5. The standard InChI is InChI=1S/C13H23N3/c1-3-8-16(11-4-5-11)12-6-7-13(9-12,10-14)15-2/h11-12,15H,3-9H2,1-2H3. The minimum Gasteiger partial charge on any atom is -0.302 e. The summed E-state index contributed by atoms with van der Waals surface area (Å²) in [7, 11) is 1.92. The Kier molecular flexibility index (Phi) is 3.51. The average Bonchev–Trinajstić information content (AvgIpc) is 3.06. The van der Waals surface area contributed by atoms with Crippen molar-refractivity contribution >= 4 is 0 Å². The first kappa shape index (κ1) is 11.9. The van der Waals surface area contributed by atoms with Gasteiger partial charge in [-0.1, -0.05) is 6.92 Å². The Labute approximate surface area is 98.8 Å². The molecule has 2 atom stereocenters. The molecule has 1 N–H and O–H groups in total. The van der Waals surface area contributed by atoms with E-state index in [2.05, 4.69) is 23.2 Å². The Hall–Kier alpha value is -0.590. The monoisotopic (exact) mass is 221 g/mol. The van der Waals surface area contributed by atoms with Gasteiger partial charge in [-0.25, -0.2) is 0 Å². The van der Waals surface area contributed by atoms with Crippen molar-refractivity contribution in [3.05, 3.63) is 0 Å². The van der Waals surface area contributed by atoms with Gasteiger partial charge >= 0.3 is 0 Å². The molecule has 3 heteroatoms. The number of nitriles is 1. The number of hydrogen-bond donors (Lipinski definition) is 1. The molecule has 0 saturated heterocycles. The topological polar surface area (TPSA) is 39.1 Å². The highest BCUT2D eigenvalue weighted by Gasteiger charge is 2.43. The van der Waals surface area contributed by atoms with Crippen LogP contribution in [0.5, 0.6) is 0 Å². The third-order valence-corrected chi connectivity index (χ3v) is 4.15. The maximum Gasteiger partial charge on any atom is 0.108 e. The molecule has 0 aromatic rings. The molecule has 2 unspecified atom stereocenters.